The highest BCUT2D eigenvalue weighted by Crippen LogP contribution is 2.38. The topological polar surface area (TPSA) is 87.2 Å². The molecule has 3 aliphatic heterocycles. The fraction of sp³-hybridized carbons (Fsp3) is 0.500. The van der Waals surface area contributed by atoms with Crippen LogP contribution in [0.1, 0.15) is 11.1 Å². The van der Waals surface area contributed by atoms with Crippen LogP contribution in [-0.2, 0) is 27.3 Å². The Bertz CT molecular complexity index is 1040. The van der Waals surface area contributed by atoms with Crippen molar-refractivity contribution in [3.63, 3.8) is 0 Å². The molecule has 2 amide bonds. The van der Waals surface area contributed by atoms with E-state index in [0.717, 1.165) is 35.7 Å². The van der Waals surface area contributed by atoms with E-state index in [0.29, 0.717) is 52.4 Å². The SMILES string of the molecule is COc1ccc2c(c1)N1CCN(CC(=O)N3CCOCC3)CC1C(C(=O)NCc1cccnc1)C2. The van der Waals surface area contributed by atoms with Crippen molar-refractivity contribution in [2.24, 2.45) is 5.92 Å². The van der Waals surface area contributed by atoms with Crippen molar-refractivity contribution in [2.45, 2.75) is 19.0 Å². The van der Waals surface area contributed by atoms with Gasteiger partial charge in [-0.1, -0.05) is 12.1 Å². The van der Waals surface area contributed by atoms with Gasteiger partial charge >= 0.3 is 0 Å². The molecule has 2 atom stereocenters. The van der Waals surface area contributed by atoms with Gasteiger partial charge in [-0.25, -0.2) is 0 Å². The van der Waals surface area contributed by atoms with Gasteiger partial charge in [0.25, 0.3) is 0 Å². The quantitative estimate of drug-likeness (QED) is 0.660. The van der Waals surface area contributed by atoms with E-state index < -0.39 is 0 Å². The Morgan fingerprint density at radius 1 is 1.17 bits per heavy atom. The Balaban J connectivity index is 1.33. The average molecular weight is 480 g/mol. The summed E-state index contributed by atoms with van der Waals surface area (Å²) in [4.78, 5) is 36.9. The van der Waals surface area contributed by atoms with Gasteiger partial charge < -0.3 is 24.6 Å². The molecule has 2 saturated heterocycles. The summed E-state index contributed by atoms with van der Waals surface area (Å²) in [5.74, 6) is 0.768. The fourth-order valence-electron chi connectivity index (χ4n) is 5.33. The van der Waals surface area contributed by atoms with Gasteiger partial charge in [0.1, 0.15) is 5.75 Å². The maximum absolute atomic E-state index is 13.4. The maximum Gasteiger partial charge on any atom is 0.236 e. The van der Waals surface area contributed by atoms with Gasteiger partial charge in [0, 0.05) is 63.4 Å². The van der Waals surface area contributed by atoms with Gasteiger partial charge in [0.15, 0.2) is 0 Å². The molecule has 5 rings (SSSR count). The summed E-state index contributed by atoms with van der Waals surface area (Å²) < 4.78 is 10.9. The molecule has 35 heavy (non-hydrogen) atoms. The van der Waals surface area contributed by atoms with E-state index in [4.69, 9.17) is 9.47 Å². The van der Waals surface area contributed by atoms with Gasteiger partial charge in [0.2, 0.25) is 11.8 Å². The molecular weight excluding hydrogens is 446 g/mol. The first-order valence-electron chi connectivity index (χ1n) is 12.3. The van der Waals surface area contributed by atoms with Crippen LogP contribution in [0.5, 0.6) is 5.75 Å². The van der Waals surface area contributed by atoms with Crippen LogP contribution in [0, 0.1) is 5.92 Å². The second kappa shape index (κ2) is 10.6. The lowest BCUT2D eigenvalue weighted by Gasteiger charge is -2.49. The number of fused-ring (bicyclic) bond motifs is 3. The highest BCUT2D eigenvalue weighted by molar-refractivity contribution is 5.82. The van der Waals surface area contributed by atoms with Gasteiger partial charge in [-0.15, -0.1) is 0 Å². The van der Waals surface area contributed by atoms with Crippen LogP contribution in [0.25, 0.3) is 0 Å². The second-order valence-electron chi connectivity index (χ2n) is 9.37. The summed E-state index contributed by atoms with van der Waals surface area (Å²) >= 11 is 0. The van der Waals surface area contributed by atoms with E-state index in [1.54, 1.807) is 19.5 Å². The molecule has 0 spiro atoms. The number of pyridine rings is 1. The van der Waals surface area contributed by atoms with E-state index in [1.807, 2.05) is 23.1 Å². The number of ether oxygens (including phenoxy) is 2. The number of nitrogens with zero attached hydrogens (tertiary/aromatic N) is 4. The first kappa shape index (κ1) is 23.6. The van der Waals surface area contributed by atoms with E-state index in [1.165, 1.54) is 0 Å². The summed E-state index contributed by atoms with van der Waals surface area (Å²) in [5.41, 5.74) is 3.26. The normalized spacial score (nSPS) is 22.2. The molecule has 1 aromatic carbocycles. The Hall–Kier alpha value is -3.17. The number of nitrogens with one attached hydrogen (secondary N) is 1. The lowest BCUT2D eigenvalue weighted by molar-refractivity contribution is -0.136. The predicted octanol–water partition coefficient (Wildman–Crippen LogP) is 0.928. The second-order valence-corrected chi connectivity index (χ2v) is 9.37. The molecule has 2 fully saturated rings. The van der Waals surface area contributed by atoms with Crippen LogP contribution in [-0.4, -0.2) is 92.2 Å². The van der Waals surface area contributed by atoms with Gasteiger partial charge in [-0.2, -0.15) is 0 Å². The number of carbonyl (C=O) groups excluding carboxylic acids is 2. The molecule has 1 aromatic heterocycles. The smallest absolute Gasteiger partial charge is 0.236 e. The predicted molar refractivity (Wildman–Crippen MR) is 131 cm³/mol. The van der Waals surface area contributed by atoms with E-state index >= 15 is 0 Å². The van der Waals surface area contributed by atoms with Crippen molar-refractivity contribution in [1.29, 1.82) is 0 Å². The third kappa shape index (κ3) is 5.26. The zero-order valence-corrected chi connectivity index (χ0v) is 20.2. The monoisotopic (exact) mass is 479 g/mol. The number of amides is 2. The van der Waals surface area contributed by atoms with Crippen LogP contribution in [0.15, 0.2) is 42.7 Å². The summed E-state index contributed by atoms with van der Waals surface area (Å²) in [6, 6.07) is 9.91. The number of benzene rings is 1. The van der Waals surface area contributed by atoms with E-state index in [9.17, 15) is 9.59 Å². The first-order valence-corrected chi connectivity index (χ1v) is 12.3. The molecule has 186 valence electrons. The summed E-state index contributed by atoms with van der Waals surface area (Å²) in [6.45, 7) is 5.51. The van der Waals surface area contributed by atoms with Crippen molar-refractivity contribution < 1.29 is 19.1 Å². The number of hydrogen-bond donors (Lipinski definition) is 1. The standard InChI is InChI=1S/C26H33N5O4/c1-34-21-5-4-20-13-22(26(33)28-16-19-3-2-6-27-15-19)24-17-29(7-8-31(24)23(20)14-21)18-25(32)30-9-11-35-12-10-30/h2-6,14-15,22,24H,7-13,16-18H2,1H3,(H,28,33). The molecule has 0 saturated carbocycles. The van der Waals surface area contributed by atoms with Gasteiger partial charge in [-0.05, 0) is 29.7 Å². The van der Waals surface area contributed by atoms with Crippen LogP contribution in [0.4, 0.5) is 5.69 Å². The fourth-order valence-corrected chi connectivity index (χ4v) is 5.33. The molecule has 3 aliphatic rings. The van der Waals surface area contributed by atoms with Crippen molar-refractivity contribution >= 4 is 17.5 Å². The van der Waals surface area contributed by atoms with Gasteiger partial charge in [-0.3, -0.25) is 19.5 Å². The average Bonchev–Trinajstić information content (AvgIpc) is 2.92. The molecule has 2 unspecified atom stereocenters. The number of hydrogen-bond acceptors (Lipinski definition) is 7. The summed E-state index contributed by atoms with van der Waals surface area (Å²) in [7, 11) is 1.67. The number of anilines is 1. The Kier molecular flexibility index (Phi) is 7.15. The highest BCUT2D eigenvalue weighted by atomic mass is 16.5. The Morgan fingerprint density at radius 2 is 2.03 bits per heavy atom. The Labute approximate surface area is 206 Å². The number of aromatic nitrogens is 1. The minimum atomic E-state index is -0.214. The lowest BCUT2D eigenvalue weighted by Crippen LogP contribution is -2.62. The van der Waals surface area contributed by atoms with Gasteiger partial charge in [0.05, 0.1) is 38.8 Å². The van der Waals surface area contributed by atoms with Crippen molar-refractivity contribution in [3.05, 3.63) is 53.9 Å². The zero-order valence-electron chi connectivity index (χ0n) is 20.2. The minimum absolute atomic E-state index is 0.0188. The molecule has 1 N–H and O–H groups in total. The number of morpholine rings is 1. The van der Waals surface area contributed by atoms with Crippen LogP contribution in [0.2, 0.25) is 0 Å². The largest absolute Gasteiger partial charge is 0.497 e. The number of rotatable bonds is 6. The van der Waals surface area contributed by atoms with Crippen LogP contribution < -0.4 is 15.0 Å². The van der Waals surface area contributed by atoms with Crippen molar-refractivity contribution in [1.82, 2.24) is 20.1 Å². The van der Waals surface area contributed by atoms with Crippen LogP contribution >= 0.6 is 0 Å². The molecule has 9 nitrogen and oxygen atoms in total. The van der Waals surface area contributed by atoms with Crippen LogP contribution in [0.3, 0.4) is 0 Å². The first-order chi connectivity index (χ1) is 17.1. The lowest BCUT2D eigenvalue weighted by atomic mass is 9.83. The third-order valence-corrected chi connectivity index (χ3v) is 7.26. The molecular formula is C26H33N5O4. The number of methoxy groups -OCH3 is 1. The minimum Gasteiger partial charge on any atom is -0.497 e. The molecule has 9 heteroatoms. The molecule has 0 aliphatic carbocycles. The summed E-state index contributed by atoms with van der Waals surface area (Å²) in [5, 5.41) is 3.12. The van der Waals surface area contributed by atoms with E-state index in [2.05, 4.69) is 32.2 Å². The number of piperazine rings is 1. The zero-order chi connectivity index (χ0) is 24.2. The third-order valence-electron chi connectivity index (χ3n) is 7.26. The molecule has 2 aromatic rings. The number of carbonyl (C=O) groups is 2. The molecule has 0 bridgehead atoms. The molecule has 4 heterocycles. The van der Waals surface area contributed by atoms with E-state index in [-0.39, 0.29) is 23.8 Å². The summed E-state index contributed by atoms with van der Waals surface area (Å²) in [6.07, 6.45) is 4.16. The Morgan fingerprint density at radius 3 is 2.80 bits per heavy atom. The highest BCUT2D eigenvalue weighted by Gasteiger charge is 2.42. The van der Waals surface area contributed by atoms with Crippen molar-refractivity contribution in [2.75, 3.05) is 64.5 Å². The van der Waals surface area contributed by atoms with Crippen molar-refractivity contribution in [3.8, 4) is 5.75 Å². The molecule has 0 radical (unpaired) electrons. The maximum atomic E-state index is 13.4.